The van der Waals surface area contributed by atoms with E-state index in [0.29, 0.717) is 5.92 Å². The SMILES string of the molecule is O=C1NC([C@H]2CC[C@@H](O)CC2)=NC12CCNCC2. The van der Waals surface area contributed by atoms with E-state index in [1.165, 1.54) is 0 Å². The van der Waals surface area contributed by atoms with E-state index < -0.39 is 5.54 Å². The molecular weight excluding hydrogens is 230 g/mol. The molecule has 1 saturated heterocycles. The molecule has 0 aromatic carbocycles. The van der Waals surface area contributed by atoms with E-state index in [9.17, 15) is 9.90 Å². The van der Waals surface area contributed by atoms with Crippen LogP contribution >= 0.6 is 0 Å². The van der Waals surface area contributed by atoms with Gasteiger partial charge < -0.3 is 15.7 Å². The Morgan fingerprint density at radius 2 is 1.83 bits per heavy atom. The summed E-state index contributed by atoms with van der Waals surface area (Å²) in [6, 6.07) is 0. The molecule has 1 saturated carbocycles. The molecule has 2 fully saturated rings. The molecule has 2 aliphatic heterocycles. The van der Waals surface area contributed by atoms with Crippen LogP contribution in [0.4, 0.5) is 0 Å². The number of hydrogen-bond acceptors (Lipinski definition) is 4. The Kier molecular flexibility index (Phi) is 3.11. The zero-order chi connectivity index (χ0) is 12.6. The molecule has 1 spiro atoms. The van der Waals surface area contributed by atoms with Crippen molar-refractivity contribution in [3.05, 3.63) is 0 Å². The standard InChI is InChI=1S/C13H21N3O2/c17-10-3-1-9(2-4-10)11-15-12(18)13(16-11)5-7-14-8-6-13/h9-10,14,17H,1-8H2,(H,15,16,18)/t9-,10+. The minimum atomic E-state index is -0.489. The van der Waals surface area contributed by atoms with Gasteiger partial charge in [-0.05, 0) is 51.6 Å². The number of amides is 1. The van der Waals surface area contributed by atoms with Crippen molar-refractivity contribution >= 4 is 11.7 Å². The van der Waals surface area contributed by atoms with Gasteiger partial charge in [-0.3, -0.25) is 9.79 Å². The summed E-state index contributed by atoms with van der Waals surface area (Å²) in [6.45, 7) is 1.74. The van der Waals surface area contributed by atoms with Gasteiger partial charge >= 0.3 is 0 Å². The van der Waals surface area contributed by atoms with Crippen LogP contribution in [0.5, 0.6) is 0 Å². The quantitative estimate of drug-likeness (QED) is 0.623. The van der Waals surface area contributed by atoms with Crippen LogP contribution in [-0.4, -0.2) is 41.6 Å². The summed E-state index contributed by atoms with van der Waals surface area (Å²) in [7, 11) is 0. The number of rotatable bonds is 1. The van der Waals surface area contributed by atoms with Gasteiger partial charge in [0.1, 0.15) is 11.4 Å². The Morgan fingerprint density at radius 1 is 1.17 bits per heavy atom. The smallest absolute Gasteiger partial charge is 0.253 e. The third-order valence-electron chi connectivity index (χ3n) is 4.51. The number of piperidine rings is 1. The van der Waals surface area contributed by atoms with Crippen LogP contribution < -0.4 is 10.6 Å². The van der Waals surface area contributed by atoms with E-state index in [-0.39, 0.29) is 12.0 Å². The number of aliphatic imine (C=N–C) groups is 1. The van der Waals surface area contributed by atoms with E-state index in [2.05, 4.69) is 10.6 Å². The number of nitrogens with one attached hydrogen (secondary N) is 2. The van der Waals surface area contributed by atoms with Gasteiger partial charge in [-0.1, -0.05) is 0 Å². The first-order valence-electron chi connectivity index (χ1n) is 7.00. The van der Waals surface area contributed by atoms with E-state index >= 15 is 0 Å². The predicted molar refractivity (Wildman–Crippen MR) is 68.4 cm³/mol. The molecule has 5 nitrogen and oxygen atoms in total. The van der Waals surface area contributed by atoms with Crippen LogP contribution in [0, 0.1) is 5.92 Å². The fourth-order valence-corrected chi connectivity index (χ4v) is 3.26. The second-order valence-electron chi connectivity index (χ2n) is 5.74. The normalized spacial score (nSPS) is 35.4. The lowest BCUT2D eigenvalue weighted by Gasteiger charge is -2.28. The summed E-state index contributed by atoms with van der Waals surface area (Å²) >= 11 is 0. The number of carbonyl (C=O) groups excluding carboxylic acids is 1. The predicted octanol–water partition coefficient (Wildman–Crippen LogP) is 0.188. The number of aliphatic hydroxyl groups excluding tert-OH is 1. The Bertz CT molecular complexity index is 366. The average Bonchev–Trinajstić information content (AvgIpc) is 2.69. The Balaban J connectivity index is 1.74. The molecule has 0 atom stereocenters. The van der Waals surface area contributed by atoms with Crippen molar-refractivity contribution in [1.82, 2.24) is 10.6 Å². The fraction of sp³-hybridized carbons (Fsp3) is 0.846. The molecule has 1 amide bonds. The summed E-state index contributed by atoms with van der Waals surface area (Å²) in [5, 5.41) is 15.8. The molecular formula is C13H21N3O2. The summed E-state index contributed by atoms with van der Waals surface area (Å²) < 4.78 is 0. The summed E-state index contributed by atoms with van der Waals surface area (Å²) in [5.74, 6) is 1.31. The van der Waals surface area contributed by atoms with Crippen molar-refractivity contribution in [2.24, 2.45) is 10.9 Å². The van der Waals surface area contributed by atoms with Gasteiger partial charge in [-0.2, -0.15) is 0 Å². The molecule has 0 aromatic heterocycles. The highest BCUT2D eigenvalue weighted by atomic mass is 16.3. The van der Waals surface area contributed by atoms with Crippen LogP contribution in [-0.2, 0) is 4.79 Å². The maximum Gasteiger partial charge on any atom is 0.253 e. The molecule has 0 unspecified atom stereocenters. The first-order chi connectivity index (χ1) is 8.70. The van der Waals surface area contributed by atoms with Crippen LogP contribution in [0.1, 0.15) is 38.5 Å². The van der Waals surface area contributed by atoms with Crippen molar-refractivity contribution in [3.8, 4) is 0 Å². The second kappa shape index (κ2) is 4.63. The number of carbonyl (C=O) groups is 1. The molecule has 3 aliphatic rings. The van der Waals surface area contributed by atoms with Crippen molar-refractivity contribution in [3.63, 3.8) is 0 Å². The van der Waals surface area contributed by atoms with Gasteiger partial charge in [0.15, 0.2) is 0 Å². The molecule has 0 radical (unpaired) electrons. The highest BCUT2D eigenvalue weighted by Crippen LogP contribution is 2.32. The molecule has 0 aromatic rings. The van der Waals surface area contributed by atoms with Crippen molar-refractivity contribution in [2.45, 2.75) is 50.2 Å². The van der Waals surface area contributed by atoms with Crippen LogP contribution in [0.3, 0.4) is 0 Å². The third-order valence-corrected chi connectivity index (χ3v) is 4.51. The first kappa shape index (κ1) is 12.1. The zero-order valence-corrected chi connectivity index (χ0v) is 10.6. The van der Waals surface area contributed by atoms with Crippen LogP contribution in [0.25, 0.3) is 0 Å². The first-order valence-corrected chi connectivity index (χ1v) is 7.00. The number of aliphatic hydroxyl groups is 1. The summed E-state index contributed by atoms with van der Waals surface area (Å²) in [5.41, 5.74) is -0.489. The summed E-state index contributed by atoms with van der Waals surface area (Å²) in [4.78, 5) is 16.9. The molecule has 1 aliphatic carbocycles. The maximum atomic E-state index is 12.2. The van der Waals surface area contributed by atoms with E-state index in [4.69, 9.17) is 4.99 Å². The highest BCUT2D eigenvalue weighted by molar-refractivity contribution is 6.09. The topological polar surface area (TPSA) is 73.7 Å². The second-order valence-corrected chi connectivity index (χ2v) is 5.74. The van der Waals surface area contributed by atoms with Gasteiger partial charge in [-0.25, -0.2) is 0 Å². The average molecular weight is 251 g/mol. The van der Waals surface area contributed by atoms with Gasteiger partial charge in [0.25, 0.3) is 5.91 Å². The third kappa shape index (κ3) is 2.06. The number of amidine groups is 1. The highest BCUT2D eigenvalue weighted by Gasteiger charge is 2.45. The molecule has 3 N–H and O–H groups in total. The lowest BCUT2D eigenvalue weighted by atomic mass is 9.86. The van der Waals surface area contributed by atoms with E-state index in [0.717, 1.165) is 57.5 Å². The lowest BCUT2D eigenvalue weighted by molar-refractivity contribution is -0.124. The Hall–Kier alpha value is -0.940. The fourth-order valence-electron chi connectivity index (χ4n) is 3.26. The van der Waals surface area contributed by atoms with Gasteiger partial charge in [0.05, 0.1) is 6.10 Å². The molecule has 3 rings (SSSR count). The minimum Gasteiger partial charge on any atom is -0.393 e. The Labute approximate surface area is 107 Å². The van der Waals surface area contributed by atoms with Gasteiger partial charge in [0.2, 0.25) is 0 Å². The van der Waals surface area contributed by atoms with Crippen molar-refractivity contribution < 1.29 is 9.90 Å². The molecule has 2 heterocycles. The maximum absolute atomic E-state index is 12.2. The summed E-state index contributed by atoms with van der Waals surface area (Å²) in [6.07, 6.45) is 4.98. The monoisotopic (exact) mass is 251 g/mol. The van der Waals surface area contributed by atoms with Gasteiger partial charge in [0, 0.05) is 5.92 Å². The van der Waals surface area contributed by atoms with E-state index in [1.807, 2.05) is 0 Å². The van der Waals surface area contributed by atoms with Crippen molar-refractivity contribution in [1.29, 1.82) is 0 Å². The van der Waals surface area contributed by atoms with Crippen molar-refractivity contribution in [2.75, 3.05) is 13.1 Å². The lowest BCUT2D eigenvalue weighted by Crippen LogP contribution is -2.47. The zero-order valence-electron chi connectivity index (χ0n) is 10.6. The van der Waals surface area contributed by atoms with E-state index in [1.54, 1.807) is 0 Å². The molecule has 0 bridgehead atoms. The number of nitrogens with zero attached hydrogens (tertiary/aromatic N) is 1. The molecule has 5 heteroatoms. The van der Waals surface area contributed by atoms with Crippen LogP contribution in [0.15, 0.2) is 4.99 Å². The number of hydrogen-bond donors (Lipinski definition) is 3. The van der Waals surface area contributed by atoms with Crippen LogP contribution in [0.2, 0.25) is 0 Å². The molecule has 100 valence electrons. The minimum absolute atomic E-state index is 0.0881. The molecule has 18 heavy (non-hydrogen) atoms. The largest absolute Gasteiger partial charge is 0.393 e. The Morgan fingerprint density at radius 3 is 2.50 bits per heavy atom. The van der Waals surface area contributed by atoms with Gasteiger partial charge in [-0.15, -0.1) is 0 Å².